The molecule has 0 atom stereocenters. The SMILES string of the molecule is O=c1ccc2cnc3ccc(C4C=NN=C4)cc3c2n1-c1ccc(N2CCNCC2)c(Cl)c1. The smallest absolute Gasteiger partial charge is 0.255 e. The van der Waals surface area contributed by atoms with E-state index in [0.29, 0.717) is 5.02 Å². The highest BCUT2D eigenvalue weighted by molar-refractivity contribution is 6.33. The van der Waals surface area contributed by atoms with Crippen LogP contribution in [0.4, 0.5) is 5.69 Å². The molecule has 8 heteroatoms. The maximum Gasteiger partial charge on any atom is 0.255 e. The van der Waals surface area contributed by atoms with Crippen LogP contribution in [-0.4, -0.2) is 48.2 Å². The minimum atomic E-state index is -0.115. The lowest BCUT2D eigenvalue weighted by atomic mass is 9.99. The van der Waals surface area contributed by atoms with Gasteiger partial charge in [-0.3, -0.25) is 14.3 Å². The van der Waals surface area contributed by atoms with Crippen molar-refractivity contribution in [3.63, 3.8) is 0 Å². The predicted octanol–water partition coefficient (Wildman–Crippen LogP) is 3.76. The van der Waals surface area contributed by atoms with Gasteiger partial charge in [0.25, 0.3) is 5.56 Å². The van der Waals surface area contributed by atoms with Gasteiger partial charge in [-0.2, -0.15) is 10.2 Å². The summed E-state index contributed by atoms with van der Waals surface area (Å²) in [6.45, 7) is 3.66. The van der Waals surface area contributed by atoms with Gasteiger partial charge >= 0.3 is 0 Å². The van der Waals surface area contributed by atoms with E-state index in [1.807, 2.05) is 42.6 Å². The van der Waals surface area contributed by atoms with Crippen molar-refractivity contribution in [2.45, 2.75) is 5.92 Å². The molecule has 2 aromatic carbocycles. The molecule has 2 aromatic heterocycles. The summed E-state index contributed by atoms with van der Waals surface area (Å²) in [5.74, 6) is 0.0151. The van der Waals surface area contributed by atoms with Gasteiger partial charge in [-0.25, -0.2) is 0 Å². The zero-order chi connectivity index (χ0) is 22.4. The first-order valence-electron chi connectivity index (χ1n) is 11.0. The first-order chi connectivity index (χ1) is 16.2. The number of nitrogens with one attached hydrogen (secondary N) is 1. The molecule has 0 unspecified atom stereocenters. The minimum absolute atomic E-state index is 0.0151. The van der Waals surface area contributed by atoms with Gasteiger partial charge in [0.1, 0.15) is 0 Å². The van der Waals surface area contributed by atoms with Crippen LogP contribution in [0.3, 0.4) is 0 Å². The molecule has 0 radical (unpaired) electrons. The van der Waals surface area contributed by atoms with Crippen LogP contribution in [0.25, 0.3) is 27.5 Å². The highest BCUT2D eigenvalue weighted by atomic mass is 35.5. The van der Waals surface area contributed by atoms with Gasteiger partial charge in [-0.05, 0) is 42.0 Å². The fraction of sp³-hybridized carbons (Fsp3) is 0.200. The fourth-order valence-electron chi connectivity index (χ4n) is 4.62. The van der Waals surface area contributed by atoms with E-state index in [0.717, 1.165) is 64.9 Å². The van der Waals surface area contributed by atoms with Gasteiger partial charge in [0, 0.05) is 61.6 Å². The summed E-state index contributed by atoms with van der Waals surface area (Å²) >= 11 is 6.73. The number of benzene rings is 2. The number of anilines is 1. The van der Waals surface area contributed by atoms with Crippen LogP contribution in [0.5, 0.6) is 0 Å². The third-order valence-electron chi connectivity index (χ3n) is 6.29. The van der Waals surface area contributed by atoms with Crippen LogP contribution in [0.1, 0.15) is 11.5 Å². The van der Waals surface area contributed by atoms with Crippen LogP contribution < -0.4 is 15.8 Å². The molecule has 2 aliphatic heterocycles. The largest absolute Gasteiger partial charge is 0.368 e. The Morgan fingerprint density at radius 2 is 1.79 bits per heavy atom. The Bertz CT molecular complexity index is 1490. The van der Waals surface area contributed by atoms with Crippen molar-refractivity contribution in [3.8, 4) is 5.69 Å². The Morgan fingerprint density at radius 1 is 0.970 bits per heavy atom. The van der Waals surface area contributed by atoms with E-state index in [1.165, 1.54) is 0 Å². The highest BCUT2D eigenvalue weighted by Crippen LogP contribution is 2.31. The van der Waals surface area contributed by atoms with Crippen molar-refractivity contribution in [2.75, 3.05) is 31.1 Å². The van der Waals surface area contributed by atoms with E-state index in [-0.39, 0.29) is 11.5 Å². The lowest BCUT2D eigenvalue weighted by molar-refractivity contribution is 0.589. The van der Waals surface area contributed by atoms with Crippen molar-refractivity contribution in [1.29, 1.82) is 0 Å². The summed E-state index contributed by atoms with van der Waals surface area (Å²) in [5.41, 5.74) is 4.29. The molecule has 2 aliphatic rings. The number of fused-ring (bicyclic) bond motifs is 3. The molecule has 0 saturated carbocycles. The monoisotopic (exact) mass is 456 g/mol. The number of piperazine rings is 1. The van der Waals surface area contributed by atoms with Gasteiger partial charge in [0.2, 0.25) is 0 Å². The van der Waals surface area contributed by atoms with Crippen molar-refractivity contribution in [1.82, 2.24) is 14.9 Å². The van der Waals surface area contributed by atoms with Gasteiger partial charge < -0.3 is 10.2 Å². The summed E-state index contributed by atoms with van der Waals surface area (Å²) in [6, 6.07) is 15.3. The molecule has 33 heavy (non-hydrogen) atoms. The molecule has 4 heterocycles. The van der Waals surface area contributed by atoms with Gasteiger partial charge in [0.15, 0.2) is 0 Å². The fourth-order valence-corrected chi connectivity index (χ4v) is 4.92. The first-order valence-corrected chi connectivity index (χ1v) is 11.3. The van der Waals surface area contributed by atoms with Gasteiger partial charge in [0.05, 0.1) is 33.3 Å². The summed E-state index contributed by atoms with van der Waals surface area (Å²) in [7, 11) is 0. The van der Waals surface area contributed by atoms with Crippen molar-refractivity contribution in [2.24, 2.45) is 10.2 Å². The third kappa shape index (κ3) is 3.50. The molecule has 0 spiro atoms. The number of aromatic nitrogens is 2. The standard InChI is InChI=1S/C25H21ClN6O/c26-21-12-19(3-5-23(21)31-9-7-27-8-10-31)32-24(33)6-2-17-13-28-22-4-1-16(11-20(22)25(17)32)18-14-29-30-15-18/h1-6,11-15,18,27H,7-10H2. The van der Waals surface area contributed by atoms with Crippen LogP contribution in [0.15, 0.2) is 69.7 Å². The second-order valence-electron chi connectivity index (χ2n) is 8.27. The van der Waals surface area contributed by atoms with Crippen LogP contribution in [-0.2, 0) is 0 Å². The summed E-state index contributed by atoms with van der Waals surface area (Å²) in [5, 5.41) is 13.7. The molecule has 6 rings (SSSR count). The molecule has 1 N–H and O–H groups in total. The molecular weight excluding hydrogens is 436 g/mol. The third-order valence-corrected chi connectivity index (χ3v) is 6.60. The van der Waals surface area contributed by atoms with E-state index in [2.05, 4.69) is 31.5 Å². The predicted molar refractivity (Wildman–Crippen MR) is 135 cm³/mol. The zero-order valence-corrected chi connectivity index (χ0v) is 18.5. The number of rotatable bonds is 3. The maximum absolute atomic E-state index is 13.2. The highest BCUT2D eigenvalue weighted by Gasteiger charge is 2.17. The molecule has 1 saturated heterocycles. The first kappa shape index (κ1) is 20.1. The molecule has 164 valence electrons. The van der Waals surface area contributed by atoms with Crippen molar-refractivity contribution in [3.05, 3.63) is 75.7 Å². The normalized spacial score (nSPS) is 16.3. The second kappa shape index (κ2) is 8.10. The number of nitrogens with zero attached hydrogens (tertiary/aromatic N) is 5. The molecule has 0 aliphatic carbocycles. The Balaban J connectivity index is 1.56. The summed E-state index contributed by atoms with van der Waals surface area (Å²) in [6.07, 6.45) is 5.42. The number of hydrogen-bond donors (Lipinski definition) is 1. The van der Waals surface area contributed by atoms with Gasteiger partial charge in [-0.15, -0.1) is 0 Å². The van der Waals surface area contributed by atoms with Gasteiger partial charge in [-0.1, -0.05) is 17.7 Å². The minimum Gasteiger partial charge on any atom is -0.368 e. The Kier molecular flexibility index (Phi) is 4.93. The lowest BCUT2D eigenvalue weighted by Gasteiger charge is -2.30. The molecule has 7 nitrogen and oxygen atoms in total. The lowest BCUT2D eigenvalue weighted by Crippen LogP contribution is -2.43. The zero-order valence-electron chi connectivity index (χ0n) is 17.8. The van der Waals surface area contributed by atoms with Crippen LogP contribution in [0, 0.1) is 0 Å². The van der Waals surface area contributed by atoms with E-state index in [1.54, 1.807) is 23.1 Å². The molecule has 4 aromatic rings. The Labute approximate surface area is 195 Å². The van der Waals surface area contributed by atoms with E-state index in [4.69, 9.17) is 11.6 Å². The topological polar surface area (TPSA) is 74.9 Å². The van der Waals surface area contributed by atoms with Crippen LogP contribution >= 0.6 is 11.6 Å². The molecule has 0 bridgehead atoms. The van der Waals surface area contributed by atoms with E-state index >= 15 is 0 Å². The number of pyridine rings is 2. The average Bonchev–Trinajstić information content (AvgIpc) is 3.39. The maximum atomic E-state index is 13.2. The number of halogens is 1. The van der Waals surface area contributed by atoms with Crippen molar-refractivity contribution < 1.29 is 0 Å². The average molecular weight is 457 g/mol. The Morgan fingerprint density at radius 3 is 2.58 bits per heavy atom. The molecule has 1 fully saturated rings. The second-order valence-corrected chi connectivity index (χ2v) is 8.68. The quantitative estimate of drug-likeness (QED) is 0.476. The molecular formula is C25H21ClN6O. The van der Waals surface area contributed by atoms with Crippen molar-refractivity contribution >= 4 is 51.5 Å². The van der Waals surface area contributed by atoms with E-state index in [9.17, 15) is 4.79 Å². The Hall–Kier alpha value is -3.55. The van der Waals surface area contributed by atoms with Crippen LogP contribution in [0.2, 0.25) is 5.02 Å². The summed E-state index contributed by atoms with van der Waals surface area (Å²) < 4.78 is 1.73. The van der Waals surface area contributed by atoms with E-state index < -0.39 is 0 Å². The molecule has 0 amide bonds. The summed E-state index contributed by atoms with van der Waals surface area (Å²) in [4.78, 5) is 20.0. The number of hydrogen-bond acceptors (Lipinski definition) is 6.